The maximum absolute atomic E-state index is 12.5. The van der Waals surface area contributed by atoms with Crippen molar-refractivity contribution in [2.45, 2.75) is 70.1 Å². The number of aryl methyl sites for hydroxylation is 1. The first-order chi connectivity index (χ1) is 11.7. The van der Waals surface area contributed by atoms with Gasteiger partial charge in [0.05, 0.1) is 5.75 Å². The standard InChI is InChI=1S/C17H30N4O2S/c1-4-8-15-18-19-17(21(15)11-7-12-23-3)24-13-16(22)20-10-6-5-9-14(20)2/h14H,4-13H2,1-3H3/t14-/m0/s1. The van der Waals surface area contributed by atoms with Gasteiger partial charge in [0.25, 0.3) is 0 Å². The van der Waals surface area contributed by atoms with Crippen LogP contribution in [0.1, 0.15) is 51.8 Å². The van der Waals surface area contributed by atoms with Crippen LogP contribution in [-0.2, 0) is 22.5 Å². The molecule has 6 nitrogen and oxygen atoms in total. The van der Waals surface area contributed by atoms with Crippen molar-refractivity contribution in [2.75, 3.05) is 26.0 Å². The fraction of sp³-hybridized carbons (Fsp3) is 0.824. The highest BCUT2D eigenvalue weighted by molar-refractivity contribution is 7.99. The number of ether oxygens (including phenoxy) is 1. The van der Waals surface area contributed by atoms with E-state index in [0.29, 0.717) is 11.8 Å². The van der Waals surface area contributed by atoms with E-state index in [1.807, 2.05) is 4.90 Å². The van der Waals surface area contributed by atoms with Gasteiger partial charge in [-0.2, -0.15) is 0 Å². The van der Waals surface area contributed by atoms with Gasteiger partial charge in [-0.05, 0) is 39.0 Å². The number of hydrogen-bond donors (Lipinski definition) is 0. The Balaban J connectivity index is 1.96. The molecule has 7 heteroatoms. The Bertz CT molecular complexity index is 521. The third kappa shape index (κ3) is 5.21. The first-order valence-electron chi connectivity index (χ1n) is 9.00. The Morgan fingerprint density at radius 2 is 2.21 bits per heavy atom. The molecule has 1 fully saturated rings. The zero-order chi connectivity index (χ0) is 17.4. The van der Waals surface area contributed by atoms with Gasteiger partial charge in [0, 0.05) is 39.3 Å². The van der Waals surface area contributed by atoms with E-state index in [9.17, 15) is 4.79 Å². The molecule has 0 radical (unpaired) electrons. The second-order valence-corrected chi connectivity index (χ2v) is 7.31. The van der Waals surface area contributed by atoms with Crippen LogP contribution in [-0.4, -0.2) is 57.6 Å². The minimum Gasteiger partial charge on any atom is -0.385 e. The summed E-state index contributed by atoms with van der Waals surface area (Å²) >= 11 is 1.51. The number of hydrogen-bond acceptors (Lipinski definition) is 5. The lowest BCUT2D eigenvalue weighted by atomic mass is 10.0. The molecule has 24 heavy (non-hydrogen) atoms. The molecular weight excluding hydrogens is 324 g/mol. The summed E-state index contributed by atoms with van der Waals surface area (Å²) in [5.74, 6) is 1.67. The van der Waals surface area contributed by atoms with Crippen molar-refractivity contribution in [2.24, 2.45) is 0 Å². The number of rotatable bonds is 9. The molecule has 0 unspecified atom stereocenters. The molecule has 2 heterocycles. The van der Waals surface area contributed by atoms with Crippen LogP contribution in [0.5, 0.6) is 0 Å². The fourth-order valence-corrected chi connectivity index (χ4v) is 3.97. The predicted molar refractivity (Wildman–Crippen MR) is 96.3 cm³/mol. The van der Waals surface area contributed by atoms with Crippen LogP contribution in [0.2, 0.25) is 0 Å². The zero-order valence-corrected chi connectivity index (χ0v) is 16.0. The molecule has 1 amide bonds. The molecule has 0 spiro atoms. The summed E-state index contributed by atoms with van der Waals surface area (Å²) in [6, 6.07) is 0.363. The van der Waals surface area contributed by atoms with Crippen LogP contribution >= 0.6 is 11.8 Å². The summed E-state index contributed by atoms with van der Waals surface area (Å²) in [6.45, 7) is 6.74. The number of nitrogens with zero attached hydrogens (tertiary/aromatic N) is 4. The zero-order valence-electron chi connectivity index (χ0n) is 15.2. The van der Waals surface area contributed by atoms with Crippen molar-refractivity contribution in [3.05, 3.63) is 5.82 Å². The number of piperidine rings is 1. The second-order valence-electron chi connectivity index (χ2n) is 6.37. The number of aromatic nitrogens is 3. The van der Waals surface area contributed by atoms with Crippen molar-refractivity contribution >= 4 is 17.7 Å². The number of thioether (sulfide) groups is 1. The molecule has 1 aromatic rings. The van der Waals surface area contributed by atoms with Gasteiger partial charge in [-0.15, -0.1) is 10.2 Å². The van der Waals surface area contributed by atoms with E-state index < -0.39 is 0 Å². The second kappa shape index (κ2) is 10.0. The van der Waals surface area contributed by atoms with Crippen LogP contribution in [0, 0.1) is 0 Å². The minimum absolute atomic E-state index is 0.218. The number of carbonyl (C=O) groups is 1. The third-order valence-corrected chi connectivity index (χ3v) is 5.40. The van der Waals surface area contributed by atoms with Gasteiger partial charge < -0.3 is 14.2 Å². The lowest BCUT2D eigenvalue weighted by Crippen LogP contribution is -2.43. The average Bonchev–Trinajstić information content (AvgIpc) is 2.96. The summed E-state index contributed by atoms with van der Waals surface area (Å²) in [5.41, 5.74) is 0. The monoisotopic (exact) mass is 354 g/mol. The maximum atomic E-state index is 12.5. The van der Waals surface area contributed by atoms with E-state index in [1.165, 1.54) is 18.2 Å². The van der Waals surface area contributed by atoms with Gasteiger partial charge in [-0.25, -0.2) is 0 Å². The van der Waals surface area contributed by atoms with Crippen molar-refractivity contribution in [1.29, 1.82) is 0 Å². The summed E-state index contributed by atoms with van der Waals surface area (Å²) < 4.78 is 7.30. The SMILES string of the molecule is CCCc1nnc(SCC(=O)N2CCCC[C@@H]2C)n1CCCOC. The van der Waals surface area contributed by atoms with Crippen LogP contribution in [0.3, 0.4) is 0 Å². The third-order valence-electron chi connectivity index (χ3n) is 4.45. The molecule has 1 aliphatic heterocycles. The molecule has 1 atom stereocenters. The molecule has 0 N–H and O–H groups in total. The Kier molecular flexibility index (Phi) is 8.05. The molecule has 136 valence electrons. The number of carbonyl (C=O) groups excluding carboxylic acids is 1. The average molecular weight is 355 g/mol. The molecule has 2 rings (SSSR count). The van der Waals surface area contributed by atoms with Gasteiger partial charge in [0.1, 0.15) is 5.82 Å². The summed E-state index contributed by atoms with van der Waals surface area (Å²) in [4.78, 5) is 14.5. The van der Waals surface area contributed by atoms with E-state index >= 15 is 0 Å². The molecule has 0 aliphatic carbocycles. The van der Waals surface area contributed by atoms with Crippen LogP contribution in [0.4, 0.5) is 0 Å². The van der Waals surface area contributed by atoms with Gasteiger partial charge in [0.15, 0.2) is 5.16 Å². The van der Waals surface area contributed by atoms with E-state index in [1.54, 1.807) is 7.11 Å². The van der Waals surface area contributed by atoms with Crippen LogP contribution in [0.25, 0.3) is 0 Å². The highest BCUT2D eigenvalue weighted by atomic mass is 32.2. The molecule has 1 aliphatic rings. The van der Waals surface area contributed by atoms with E-state index in [-0.39, 0.29) is 5.91 Å². The van der Waals surface area contributed by atoms with E-state index in [4.69, 9.17) is 4.74 Å². The Morgan fingerprint density at radius 3 is 2.92 bits per heavy atom. The Hall–Kier alpha value is -1.08. The van der Waals surface area contributed by atoms with Crippen molar-refractivity contribution in [1.82, 2.24) is 19.7 Å². The topological polar surface area (TPSA) is 60.2 Å². The number of methoxy groups -OCH3 is 1. The quantitative estimate of drug-likeness (QED) is 0.504. The lowest BCUT2D eigenvalue weighted by molar-refractivity contribution is -0.131. The Labute approximate surface area is 149 Å². The van der Waals surface area contributed by atoms with E-state index in [2.05, 4.69) is 28.6 Å². The van der Waals surface area contributed by atoms with Crippen molar-refractivity contribution in [3.8, 4) is 0 Å². The van der Waals surface area contributed by atoms with Crippen LogP contribution < -0.4 is 0 Å². The molecular formula is C17H30N4O2S. The number of likely N-dealkylation sites (tertiary alicyclic amines) is 1. The van der Waals surface area contributed by atoms with E-state index in [0.717, 1.165) is 62.8 Å². The van der Waals surface area contributed by atoms with Crippen molar-refractivity contribution < 1.29 is 9.53 Å². The normalized spacial score (nSPS) is 18.1. The van der Waals surface area contributed by atoms with Gasteiger partial charge >= 0.3 is 0 Å². The summed E-state index contributed by atoms with van der Waals surface area (Å²) in [6.07, 6.45) is 6.34. The van der Waals surface area contributed by atoms with Gasteiger partial charge in [-0.3, -0.25) is 4.79 Å². The lowest BCUT2D eigenvalue weighted by Gasteiger charge is -2.33. The summed E-state index contributed by atoms with van der Waals surface area (Å²) in [7, 11) is 1.72. The highest BCUT2D eigenvalue weighted by Crippen LogP contribution is 2.22. The Morgan fingerprint density at radius 1 is 1.38 bits per heavy atom. The van der Waals surface area contributed by atoms with Crippen molar-refractivity contribution in [3.63, 3.8) is 0 Å². The summed E-state index contributed by atoms with van der Waals surface area (Å²) in [5, 5.41) is 9.48. The molecule has 0 bridgehead atoms. The molecule has 1 saturated heterocycles. The minimum atomic E-state index is 0.218. The highest BCUT2D eigenvalue weighted by Gasteiger charge is 2.23. The van der Waals surface area contributed by atoms with Crippen LogP contribution in [0.15, 0.2) is 5.16 Å². The molecule has 1 aromatic heterocycles. The first kappa shape index (κ1) is 19.2. The van der Waals surface area contributed by atoms with Gasteiger partial charge in [-0.1, -0.05) is 18.7 Å². The first-order valence-corrected chi connectivity index (χ1v) is 9.99. The smallest absolute Gasteiger partial charge is 0.233 e. The molecule has 0 saturated carbocycles. The largest absolute Gasteiger partial charge is 0.385 e. The predicted octanol–water partition coefficient (Wildman–Crippen LogP) is 2.76. The fourth-order valence-electron chi connectivity index (χ4n) is 3.10. The maximum Gasteiger partial charge on any atom is 0.233 e. The molecule has 0 aromatic carbocycles. The van der Waals surface area contributed by atoms with Gasteiger partial charge in [0.2, 0.25) is 5.91 Å². The number of amides is 1.